The number of carbonyl (C=O) groups is 2. The Balaban J connectivity index is 1.42. The maximum atomic E-state index is 12.8. The summed E-state index contributed by atoms with van der Waals surface area (Å²) in [6.07, 6.45) is 5.57. The van der Waals surface area contributed by atoms with Gasteiger partial charge in [-0.2, -0.15) is 5.10 Å². The minimum atomic E-state index is -0.191. The third-order valence-electron chi connectivity index (χ3n) is 4.78. The summed E-state index contributed by atoms with van der Waals surface area (Å²) in [5.74, 6) is -0.122. The van der Waals surface area contributed by atoms with Crippen LogP contribution in [0.2, 0.25) is 5.02 Å². The van der Waals surface area contributed by atoms with Gasteiger partial charge in [-0.25, -0.2) is 9.67 Å². The van der Waals surface area contributed by atoms with Crippen molar-refractivity contribution in [3.8, 4) is 5.69 Å². The molecule has 2 aromatic heterocycles. The lowest BCUT2D eigenvalue weighted by Crippen LogP contribution is -2.41. The SMILES string of the molecule is O=C(Nc1cccc(Cl)c1-n1cncn1)C1CCN(C(=O)c2ccco2)CC1. The van der Waals surface area contributed by atoms with Crippen molar-refractivity contribution in [1.29, 1.82) is 0 Å². The zero-order chi connectivity index (χ0) is 19.5. The fourth-order valence-electron chi connectivity index (χ4n) is 3.31. The molecule has 0 aliphatic carbocycles. The van der Waals surface area contributed by atoms with Crippen LogP contribution in [0.15, 0.2) is 53.7 Å². The van der Waals surface area contributed by atoms with Crippen LogP contribution in [0.4, 0.5) is 5.69 Å². The molecule has 0 atom stereocenters. The Bertz CT molecular complexity index is 964. The van der Waals surface area contributed by atoms with E-state index in [4.69, 9.17) is 16.0 Å². The number of benzene rings is 1. The fourth-order valence-corrected chi connectivity index (χ4v) is 3.57. The first-order chi connectivity index (χ1) is 13.6. The van der Waals surface area contributed by atoms with E-state index in [1.54, 1.807) is 35.2 Å². The van der Waals surface area contributed by atoms with Crippen LogP contribution in [0.25, 0.3) is 5.69 Å². The first kappa shape index (κ1) is 18.2. The van der Waals surface area contributed by atoms with E-state index >= 15 is 0 Å². The van der Waals surface area contributed by atoms with E-state index in [2.05, 4.69) is 15.4 Å². The van der Waals surface area contributed by atoms with E-state index in [-0.39, 0.29) is 17.7 Å². The minimum Gasteiger partial charge on any atom is -0.459 e. The van der Waals surface area contributed by atoms with E-state index in [1.165, 1.54) is 23.6 Å². The van der Waals surface area contributed by atoms with Crippen molar-refractivity contribution < 1.29 is 14.0 Å². The van der Waals surface area contributed by atoms with Crippen molar-refractivity contribution in [3.05, 3.63) is 60.0 Å². The monoisotopic (exact) mass is 399 g/mol. The summed E-state index contributed by atoms with van der Waals surface area (Å²) >= 11 is 6.30. The van der Waals surface area contributed by atoms with E-state index in [0.717, 1.165) is 0 Å². The molecule has 9 heteroatoms. The summed E-state index contributed by atoms with van der Waals surface area (Å²) in [6, 6.07) is 8.60. The first-order valence-electron chi connectivity index (χ1n) is 8.90. The largest absolute Gasteiger partial charge is 0.459 e. The highest BCUT2D eigenvalue weighted by molar-refractivity contribution is 6.33. The average molecular weight is 400 g/mol. The van der Waals surface area contributed by atoms with Crippen LogP contribution in [0.3, 0.4) is 0 Å². The first-order valence-corrected chi connectivity index (χ1v) is 9.28. The molecule has 1 aliphatic heterocycles. The second-order valence-corrected chi connectivity index (χ2v) is 6.92. The zero-order valence-corrected chi connectivity index (χ0v) is 15.7. The van der Waals surface area contributed by atoms with Crippen molar-refractivity contribution in [3.63, 3.8) is 0 Å². The van der Waals surface area contributed by atoms with Gasteiger partial charge in [0.15, 0.2) is 5.76 Å². The number of likely N-dealkylation sites (tertiary alicyclic amines) is 1. The Morgan fingerprint density at radius 1 is 1.18 bits per heavy atom. The molecule has 1 saturated heterocycles. The highest BCUT2D eigenvalue weighted by atomic mass is 35.5. The predicted molar refractivity (Wildman–Crippen MR) is 102 cm³/mol. The molecule has 144 valence electrons. The van der Waals surface area contributed by atoms with Gasteiger partial charge >= 0.3 is 0 Å². The number of hydrogen-bond acceptors (Lipinski definition) is 5. The molecular weight excluding hydrogens is 382 g/mol. The van der Waals surface area contributed by atoms with Gasteiger partial charge in [-0.1, -0.05) is 17.7 Å². The number of aromatic nitrogens is 3. The number of para-hydroxylation sites is 1. The smallest absolute Gasteiger partial charge is 0.289 e. The zero-order valence-electron chi connectivity index (χ0n) is 14.9. The van der Waals surface area contributed by atoms with E-state index in [1.807, 2.05) is 0 Å². The van der Waals surface area contributed by atoms with Crippen LogP contribution in [-0.2, 0) is 4.79 Å². The molecule has 8 nitrogen and oxygen atoms in total. The number of carbonyl (C=O) groups excluding carboxylic acids is 2. The summed E-state index contributed by atoms with van der Waals surface area (Å²) in [5, 5.41) is 7.51. The highest BCUT2D eigenvalue weighted by Gasteiger charge is 2.29. The molecule has 4 rings (SSSR count). The van der Waals surface area contributed by atoms with Crippen LogP contribution < -0.4 is 5.32 Å². The second-order valence-electron chi connectivity index (χ2n) is 6.51. The topological polar surface area (TPSA) is 93.3 Å². The number of nitrogens with one attached hydrogen (secondary N) is 1. The van der Waals surface area contributed by atoms with Gasteiger partial charge in [0.1, 0.15) is 18.3 Å². The third kappa shape index (κ3) is 3.63. The summed E-state index contributed by atoms with van der Waals surface area (Å²) in [5.41, 5.74) is 1.14. The van der Waals surface area contributed by atoms with Gasteiger partial charge in [-0.15, -0.1) is 0 Å². The summed E-state index contributed by atoms with van der Waals surface area (Å²) in [4.78, 5) is 30.8. The van der Waals surface area contributed by atoms with E-state index < -0.39 is 0 Å². The van der Waals surface area contributed by atoms with Gasteiger partial charge in [0.05, 0.1) is 17.0 Å². The summed E-state index contributed by atoms with van der Waals surface area (Å²) in [7, 11) is 0. The number of rotatable bonds is 4. The average Bonchev–Trinajstić information content (AvgIpc) is 3.42. The number of furan rings is 1. The van der Waals surface area contributed by atoms with Crippen molar-refractivity contribution in [2.45, 2.75) is 12.8 Å². The molecule has 2 amide bonds. The Kier molecular flexibility index (Phi) is 5.12. The second kappa shape index (κ2) is 7.85. The van der Waals surface area contributed by atoms with Gasteiger partial charge in [-0.3, -0.25) is 9.59 Å². The maximum absolute atomic E-state index is 12.8. The molecule has 0 unspecified atom stereocenters. The van der Waals surface area contributed by atoms with Crippen molar-refractivity contribution in [1.82, 2.24) is 19.7 Å². The molecule has 1 aliphatic rings. The van der Waals surface area contributed by atoms with Crippen LogP contribution in [0, 0.1) is 5.92 Å². The Morgan fingerprint density at radius 2 is 2.00 bits per heavy atom. The molecular formula is C19H18ClN5O3. The Morgan fingerprint density at radius 3 is 2.68 bits per heavy atom. The molecule has 28 heavy (non-hydrogen) atoms. The molecule has 0 bridgehead atoms. The normalized spacial score (nSPS) is 14.8. The van der Waals surface area contributed by atoms with Gasteiger partial charge in [0.25, 0.3) is 5.91 Å². The predicted octanol–water partition coefficient (Wildman–Crippen LogP) is 3.00. The lowest BCUT2D eigenvalue weighted by Gasteiger charge is -2.30. The van der Waals surface area contributed by atoms with Crippen molar-refractivity contribution >= 4 is 29.1 Å². The van der Waals surface area contributed by atoms with E-state index in [0.29, 0.717) is 48.1 Å². The standard InChI is InChI=1S/C19H18ClN5O3/c20-14-3-1-4-15(17(14)25-12-21-11-22-25)23-18(26)13-6-8-24(9-7-13)19(27)16-5-2-10-28-16/h1-5,10-13H,6-9H2,(H,23,26). The number of piperidine rings is 1. The number of halogens is 1. The molecule has 3 aromatic rings. The molecule has 0 radical (unpaired) electrons. The Hall–Kier alpha value is -3.13. The van der Waals surface area contributed by atoms with Crippen molar-refractivity contribution in [2.75, 3.05) is 18.4 Å². The summed E-state index contributed by atoms with van der Waals surface area (Å²) in [6.45, 7) is 1.01. The van der Waals surface area contributed by atoms with Crippen LogP contribution in [0.5, 0.6) is 0 Å². The number of amides is 2. The van der Waals surface area contributed by atoms with E-state index in [9.17, 15) is 9.59 Å². The Labute approximate surface area is 166 Å². The third-order valence-corrected chi connectivity index (χ3v) is 5.08. The van der Waals surface area contributed by atoms with Gasteiger partial charge in [0, 0.05) is 19.0 Å². The molecule has 1 N–H and O–H groups in total. The van der Waals surface area contributed by atoms with Gasteiger partial charge in [0.2, 0.25) is 5.91 Å². The highest BCUT2D eigenvalue weighted by Crippen LogP contribution is 2.29. The van der Waals surface area contributed by atoms with Crippen LogP contribution >= 0.6 is 11.6 Å². The molecule has 0 spiro atoms. The quantitative estimate of drug-likeness (QED) is 0.727. The molecule has 0 saturated carbocycles. The van der Waals surface area contributed by atoms with Crippen LogP contribution in [0.1, 0.15) is 23.4 Å². The molecule has 1 aromatic carbocycles. The van der Waals surface area contributed by atoms with Gasteiger partial charge in [-0.05, 0) is 37.1 Å². The lowest BCUT2D eigenvalue weighted by atomic mass is 9.95. The van der Waals surface area contributed by atoms with Crippen molar-refractivity contribution in [2.24, 2.45) is 5.92 Å². The van der Waals surface area contributed by atoms with Crippen LogP contribution in [-0.4, -0.2) is 44.6 Å². The molecule has 1 fully saturated rings. The molecule has 3 heterocycles. The number of anilines is 1. The fraction of sp³-hybridized carbons (Fsp3) is 0.263. The number of hydrogen-bond donors (Lipinski definition) is 1. The van der Waals surface area contributed by atoms with Gasteiger partial charge < -0.3 is 14.6 Å². The lowest BCUT2D eigenvalue weighted by molar-refractivity contribution is -0.121. The minimum absolute atomic E-state index is 0.103. The summed E-state index contributed by atoms with van der Waals surface area (Å²) < 4.78 is 6.68. The number of nitrogens with zero attached hydrogens (tertiary/aromatic N) is 4. The maximum Gasteiger partial charge on any atom is 0.289 e.